The van der Waals surface area contributed by atoms with Crippen LogP contribution >= 0.6 is 23.2 Å². The molecule has 3 nitrogen and oxygen atoms in total. The Balaban J connectivity index is 2.15. The maximum Gasteiger partial charge on any atom is 0.0617 e. The van der Waals surface area contributed by atoms with Gasteiger partial charge in [0.2, 0.25) is 0 Å². The number of hydrazine groups is 1. The van der Waals surface area contributed by atoms with Gasteiger partial charge < -0.3 is 4.74 Å². The normalized spacial score (nSPS) is 24.6. The molecule has 1 aliphatic rings. The zero-order chi connectivity index (χ0) is 13.8. The third kappa shape index (κ3) is 3.41. The summed E-state index contributed by atoms with van der Waals surface area (Å²) < 4.78 is 5.73. The summed E-state index contributed by atoms with van der Waals surface area (Å²) in [5.41, 5.74) is 3.87. The molecule has 0 aromatic heterocycles. The summed E-state index contributed by atoms with van der Waals surface area (Å²) in [6.07, 6.45) is 3.01. The lowest BCUT2D eigenvalue weighted by molar-refractivity contribution is 0.0775. The summed E-state index contributed by atoms with van der Waals surface area (Å²) in [4.78, 5) is 0. The third-order valence-electron chi connectivity index (χ3n) is 3.88. The minimum atomic E-state index is 0.129. The van der Waals surface area contributed by atoms with Gasteiger partial charge in [0.15, 0.2) is 0 Å². The topological polar surface area (TPSA) is 47.3 Å². The Hall–Kier alpha value is -0.320. The first-order chi connectivity index (χ1) is 9.17. The Labute approximate surface area is 124 Å². The Morgan fingerprint density at radius 3 is 2.68 bits per heavy atom. The van der Waals surface area contributed by atoms with Crippen molar-refractivity contribution in [2.24, 2.45) is 11.8 Å². The number of halogens is 2. The Bertz CT molecular complexity index is 408. The van der Waals surface area contributed by atoms with Crippen molar-refractivity contribution in [1.82, 2.24) is 5.43 Å². The molecule has 1 fully saturated rings. The summed E-state index contributed by atoms with van der Waals surface area (Å²) in [6, 6.07) is 5.70. The molecular weight excluding hydrogens is 283 g/mol. The molecule has 3 N–H and O–H groups in total. The van der Waals surface area contributed by atoms with Crippen molar-refractivity contribution < 1.29 is 4.74 Å². The molecule has 0 aliphatic carbocycles. The van der Waals surface area contributed by atoms with Gasteiger partial charge in [0, 0.05) is 28.6 Å². The van der Waals surface area contributed by atoms with Gasteiger partial charge in [0.1, 0.15) is 0 Å². The van der Waals surface area contributed by atoms with Gasteiger partial charge in [0.25, 0.3) is 0 Å². The summed E-state index contributed by atoms with van der Waals surface area (Å²) in [6.45, 7) is 2.94. The molecule has 3 atom stereocenters. The minimum Gasteiger partial charge on any atom is -0.378 e. The number of hydrogen-bond donors (Lipinski definition) is 2. The molecule has 0 bridgehead atoms. The van der Waals surface area contributed by atoms with E-state index < -0.39 is 0 Å². The first-order valence-electron chi connectivity index (χ1n) is 6.68. The van der Waals surface area contributed by atoms with Crippen LogP contribution in [-0.2, 0) is 11.2 Å². The molecule has 0 spiro atoms. The average molecular weight is 303 g/mol. The second-order valence-electron chi connectivity index (χ2n) is 4.95. The number of nitrogens with two attached hydrogens (primary N) is 1. The van der Waals surface area contributed by atoms with Crippen LogP contribution in [0.3, 0.4) is 0 Å². The molecule has 19 heavy (non-hydrogen) atoms. The van der Waals surface area contributed by atoms with Crippen LogP contribution in [0.4, 0.5) is 0 Å². The lowest BCUT2D eigenvalue weighted by Gasteiger charge is -2.27. The highest BCUT2D eigenvalue weighted by molar-refractivity contribution is 6.36. The van der Waals surface area contributed by atoms with Crippen molar-refractivity contribution in [3.8, 4) is 0 Å². The fourth-order valence-corrected chi connectivity index (χ4v) is 3.38. The summed E-state index contributed by atoms with van der Waals surface area (Å²) in [5, 5.41) is 1.39. The number of benzene rings is 1. The van der Waals surface area contributed by atoms with Crippen molar-refractivity contribution >= 4 is 23.2 Å². The largest absolute Gasteiger partial charge is 0.378 e. The molecule has 5 heteroatoms. The van der Waals surface area contributed by atoms with Crippen molar-refractivity contribution in [2.45, 2.75) is 38.3 Å². The standard InChI is InChI=1S/C14H20Cl2N2O/c1-2-14-9(6-7-19-14)13(18-17)8-10-11(15)4-3-5-12(10)16/h3-5,9,13-14,18H,2,6-8,17H2,1H3. The third-order valence-corrected chi connectivity index (χ3v) is 4.59. The highest BCUT2D eigenvalue weighted by Crippen LogP contribution is 2.31. The molecule has 1 aromatic carbocycles. The summed E-state index contributed by atoms with van der Waals surface area (Å²) in [7, 11) is 0. The lowest BCUT2D eigenvalue weighted by atomic mass is 9.87. The average Bonchev–Trinajstić information content (AvgIpc) is 2.87. The highest BCUT2D eigenvalue weighted by Gasteiger charge is 2.33. The molecule has 0 radical (unpaired) electrons. The number of rotatable bonds is 5. The monoisotopic (exact) mass is 302 g/mol. The second kappa shape index (κ2) is 6.91. The van der Waals surface area contributed by atoms with E-state index >= 15 is 0 Å². The van der Waals surface area contributed by atoms with E-state index in [1.165, 1.54) is 0 Å². The SMILES string of the molecule is CCC1OCCC1C(Cc1c(Cl)cccc1Cl)NN. The van der Waals surface area contributed by atoms with Crippen LogP contribution in [0.15, 0.2) is 18.2 Å². The first kappa shape index (κ1) is 15.1. The van der Waals surface area contributed by atoms with Crippen molar-refractivity contribution in [2.75, 3.05) is 6.61 Å². The van der Waals surface area contributed by atoms with Gasteiger partial charge in [-0.1, -0.05) is 36.2 Å². The molecule has 3 unspecified atom stereocenters. The quantitative estimate of drug-likeness (QED) is 0.649. The van der Waals surface area contributed by atoms with Crippen LogP contribution in [-0.4, -0.2) is 18.8 Å². The van der Waals surface area contributed by atoms with Crippen LogP contribution in [0.25, 0.3) is 0 Å². The van der Waals surface area contributed by atoms with Crippen molar-refractivity contribution in [3.63, 3.8) is 0 Å². The zero-order valence-corrected chi connectivity index (χ0v) is 12.5. The van der Waals surface area contributed by atoms with E-state index in [4.69, 9.17) is 33.8 Å². The molecular formula is C14H20Cl2N2O. The smallest absolute Gasteiger partial charge is 0.0617 e. The van der Waals surface area contributed by atoms with Gasteiger partial charge in [-0.25, -0.2) is 0 Å². The molecule has 1 heterocycles. The number of nitrogens with one attached hydrogen (secondary N) is 1. The van der Waals surface area contributed by atoms with Gasteiger partial charge >= 0.3 is 0 Å². The lowest BCUT2D eigenvalue weighted by Crippen LogP contribution is -2.45. The van der Waals surface area contributed by atoms with Gasteiger partial charge in [-0.05, 0) is 37.0 Å². The molecule has 0 amide bonds. The zero-order valence-electron chi connectivity index (χ0n) is 11.0. The first-order valence-corrected chi connectivity index (χ1v) is 7.43. The second-order valence-corrected chi connectivity index (χ2v) is 5.76. The van der Waals surface area contributed by atoms with Crippen LogP contribution in [0.2, 0.25) is 10.0 Å². The van der Waals surface area contributed by atoms with Gasteiger partial charge in [0.05, 0.1) is 6.10 Å². The highest BCUT2D eigenvalue weighted by atomic mass is 35.5. The maximum absolute atomic E-state index is 6.22. The van der Waals surface area contributed by atoms with E-state index in [0.717, 1.165) is 31.4 Å². The van der Waals surface area contributed by atoms with E-state index in [0.29, 0.717) is 16.0 Å². The van der Waals surface area contributed by atoms with Gasteiger partial charge in [-0.2, -0.15) is 0 Å². The van der Waals surface area contributed by atoms with Crippen LogP contribution < -0.4 is 11.3 Å². The molecule has 2 rings (SSSR count). The number of hydrogen-bond acceptors (Lipinski definition) is 3. The fraction of sp³-hybridized carbons (Fsp3) is 0.571. The van der Waals surface area contributed by atoms with Crippen molar-refractivity contribution in [3.05, 3.63) is 33.8 Å². The Morgan fingerprint density at radius 2 is 2.11 bits per heavy atom. The molecule has 1 aromatic rings. The van der Waals surface area contributed by atoms with Gasteiger partial charge in [-0.3, -0.25) is 11.3 Å². The molecule has 1 aliphatic heterocycles. The summed E-state index contributed by atoms with van der Waals surface area (Å²) >= 11 is 12.4. The predicted octanol–water partition coefficient (Wildman–Crippen LogP) is 3.18. The summed E-state index contributed by atoms with van der Waals surface area (Å²) in [5.74, 6) is 6.13. The van der Waals surface area contributed by atoms with E-state index in [9.17, 15) is 0 Å². The van der Waals surface area contributed by atoms with E-state index in [1.807, 2.05) is 18.2 Å². The van der Waals surface area contributed by atoms with Crippen LogP contribution in [0.1, 0.15) is 25.3 Å². The van der Waals surface area contributed by atoms with Crippen molar-refractivity contribution in [1.29, 1.82) is 0 Å². The molecule has 0 saturated carbocycles. The minimum absolute atomic E-state index is 0.129. The van der Waals surface area contributed by atoms with E-state index in [2.05, 4.69) is 12.3 Å². The predicted molar refractivity (Wildman–Crippen MR) is 79.4 cm³/mol. The number of ether oxygens (including phenoxy) is 1. The molecule has 106 valence electrons. The Kier molecular flexibility index (Phi) is 5.48. The van der Waals surface area contributed by atoms with Crippen LogP contribution in [0.5, 0.6) is 0 Å². The van der Waals surface area contributed by atoms with E-state index in [-0.39, 0.29) is 12.1 Å². The fourth-order valence-electron chi connectivity index (χ4n) is 2.83. The van der Waals surface area contributed by atoms with Crippen LogP contribution in [0, 0.1) is 5.92 Å². The van der Waals surface area contributed by atoms with Gasteiger partial charge in [-0.15, -0.1) is 0 Å². The maximum atomic E-state index is 6.22. The molecule has 1 saturated heterocycles. The van der Waals surface area contributed by atoms with E-state index in [1.54, 1.807) is 0 Å². The Morgan fingerprint density at radius 1 is 1.42 bits per heavy atom.